The van der Waals surface area contributed by atoms with Crippen LogP contribution in [0.5, 0.6) is 5.75 Å². The highest BCUT2D eigenvalue weighted by atomic mass is 35.5. The zero-order valence-electron chi connectivity index (χ0n) is 22.9. The van der Waals surface area contributed by atoms with Crippen molar-refractivity contribution in [1.29, 1.82) is 0 Å². The van der Waals surface area contributed by atoms with Gasteiger partial charge in [0.1, 0.15) is 22.8 Å². The number of halogens is 4. The van der Waals surface area contributed by atoms with E-state index < -0.39 is 23.2 Å². The lowest BCUT2D eigenvalue weighted by atomic mass is 9.81. The van der Waals surface area contributed by atoms with Crippen LogP contribution in [0.4, 0.5) is 4.39 Å². The molecule has 2 aromatic carbocycles. The summed E-state index contributed by atoms with van der Waals surface area (Å²) in [6.45, 7) is 1.24. The Hall–Kier alpha value is -2.91. The van der Waals surface area contributed by atoms with Gasteiger partial charge in [-0.2, -0.15) is 0 Å². The summed E-state index contributed by atoms with van der Waals surface area (Å²) in [5.41, 5.74) is 0.694. The number of carbonyl (C=O) groups is 2. The van der Waals surface area contributed by atoms with Gasteiger partial charge in [-0.05, 0) is 81.9 Å². The molecule has 0 bridgehead atoms. The van der Waals surface area contributed by atoms with E-state index in [0.29, 0.717) is 65.4 Å². The Morgan fingerprint density at radius 2 is 1.71 bits per heavy atom. The monoisotopic (exact) mass is 623 g/mol. The van der Waals surface area contributed by atoms with Crippen molar-refractivity contribution >= 4 is 47.5 Å². The topological polar surface area (TPSA) is 91.8 Å². The second-order valence-corrected chi connectivity index (χ2v) is 11.1. The molecule has 1 aromatic heterocycles. The van der Waals surface area contributed by atoms with E-state index in [1.165, 1.54) is 18.2 Å². The molecule has 41 heavy (non-hydrogen) atoms. The van der Waals surface area contributed by atoms with Crippen LogP contribution in [0.3, 0.4) is 0 Å². The molecule has 0 aliphatic heterocycles. The Labute approximate surface area is 255 Å². The minimum absolute atomic E-state index is 0. The number of ether oxygens (including phenoxy) is 1. The van der Waals surface area contributed by atoms with E-state index in [1.54, 1.807) is 30.3 Å². The zero-order chi connectivity index (χ0) is 28.9. The maximum atomic E-state index is 13.9. The Kier molecular flexibility index (Phi) is 11.4. The highest BCUT2D eigenvalue weighted by molar-refractivity contribution is 6.33. The van der Waals surface area contributed by atoms with Crippen LogP contribution >= 0.6 is 35.6 Å². The highest BCUT2D eigenvalue weighted by Crippen LogP contribution is 2.40. The first-order valence-corrected chi connectivity index (χ1v) is 13.9. The van der Waals surface area contributed by atoms with E-state index in [9.17, 15) is 19.1 Å². The summed E-state index contributed by atoms with van der Waals surface area (Å²) in [6, 6.07) is 12.4. The molecule has 1 fully saturated rings. The molecule has 2 N–H and O–H groups in total. The van der Waals surface area contributed by atoms with Crippen molar-refractivity contribution in [2.24, 2.45) is 0 Å². The Bertz CT molecular complexity index is 1400. The number of nitrogens with one attached hydrogen (secondary N) is 1. The molecule has 0 atom stereocenters. The van der Waals surface area contributed by atoms with Crippen molar-refractivity contribution < 1.29 is 23.8 Å². The van der Waals surface area contributed by atoms with E-state index in [-0.39, 0.29) is 23.1 Å². The molecular weight excluding hydrogens is 592 g/mol. The quantitative estimate of drug-likeness (QED) is 0.233. The maximum Gasteiger partial charge on any atom is 0.329 e. The Morgan fingerprint density at radius 1 is 1.02 bits per heavy atom. The largest absolute Gasteiger partial charge is 0.493 e. The Morgan fingerprint density at radius 3 is 2.37 bits per heavy atom. The highest BCUT2D eigenvalue weighted by Gasteiger charge is 2.41. The minimum atomic E-state index is -1.34. The minimum Gasteiger partial charge on any atom is -0.493 e. The number of carboxylic acids is 1. The van der Waals surface area contributed by atoms with E-state index >= 15 is 0 Å². The van der Waals surface area contributed by atoms with Crippen molar-refractivity contribution in [1.82, 2.24) is 15.2 Å². The van der Waals surface area contributed by atoms with Gasteiger partial charge in [0.15, 0.2) is 0 Å². The molecule has 11 heteroatoms. The first-order valence-electron chi connectivity index (χ1n) is 13.2. The van der Waals surface area contributed by atoms with Gasteiger partial charge in [0.25, 0.3) is 5.91 Å². The number of amides is 1. The fourth-order valence-corrected chi connectivity index (χ4v) is 5.35. The molecule has 4 rings (SSSR count). The van der Waals surface area contributed by atoms with Gasteiger partial charge in [-0.15, -0.1) is 12.4 Å². The van der Waals surface area contributed by atoms with Crippen LogP contribution in [0.25, 0.3) is 22.4 Å². The van der Waals surface area contributed by atoms with Crippen molar-refractivity contribution in [2.75, 3.05) is 27.2 Å². The smallest absolute Gasteiger partial charge is 0.329 e. The van der Waals surface area contributed by atoms with Crippen LogP contribution in [0.2, 0.25) is 10.0 Å². The predicted molar refractivity (Wildman–Crippen MR) is 162 cm³/mol. The number of pyridine rings is 1. The third-order valence-corrected chi connectivity index (χ3v) is 7.57. The maximum absolute atomic E-state index is 13.9. The van der Waals surface area contributed by atoms with Crippen molar-refractivity contribution in [3.63, 3.8) is 0 Å². The normalized spacial score (nSPS) is 14.3. The molecule has 1 amide bonds. The number of hydrogen-bond donors (Lipinski definition) is 2. The molecule has 3 aromatic rings. The third-order valence-electron chi connectivity index (χ3n) is 7.02. The van der Waals surface area contributed by atoms with Crippen LogP contribution in [0, 0.1) is 5.82 Å². The van der Waals surface area contributed by atoms with Crippen molar-refractivity contribution in [3.8, 4) is 28.1 Å². The molecule has 0 spiro atoms. The lowest BCUT2D eigenvalue weighted by Gasteiger charge is -2.33. The second kappa shape index (κ2) is 14.3. The van der Waals surface area contributed by atoms with Crippen LogP contribution in [0.1, 0.15) is 49.0 Å². The zero-order valence-corrected chi connectivity index (χ0v) is 25.2. The van der Waals surface area contributed by atoms with Crippen molar-refractivity contribution in [3.05, 3.63) is 70.1 Å². The summed E-state index contributed by atoms with van der Waals surface area (Å²) in [6.07, 6.45) is 3.83. The molecule has 0 unspecified atom stereocenters. The molecular formula is C30H33Cl3FN3O4. The van der Waals surface area contributed by atoms with Gasteiger partial charge in [-0.1, -0.05) is 42.5 Å². The first kappa shape index (κ1) is 32.6. The third kappa shape index (κ3) is 7.89. The van der Waals surface area contributed by atoms with Gasteiger partial charge in [0.05, 0.1) is 17.3 Å². The summed E-state index contributed by atoms with van der Waals surface area (Å²) in [7, 11) is 3.96. The molecule has 7 nitrogen and oxygen atoms in total. The van der Waals surface area contributed by atoms with Gasteiger partial charge >= 0.3 is 5.97 Å². The van der Waals surface area contributed by atoms with Gasteiger partial charge in [0.2, 0.25) is 0 Å². The van der Waals surface area contributed by atoms with Gasteiger partial charge in [-0.25, -0.2) is 14.2 Å². The number of benzene rings is 2. The lowest BCUT2D eigenvalue weighted by molar-refractivity contribution is -0.145. The fourth-order valence-electron chi connectivity index (χ4n) is 4.92. The standard InChI is InChI=1S/C30H32Cl2FN3O4.ClH/c1-36(2)15-6-16-40-26-17-19(31)7-9-23(26)27-22(21-10-8-20(33)18-24(21)32)11-12-25(34-27)28(37)35-30(29(38)39)13-4-3-5-14-30;/h7-12,17-18H,3-6,13-16H2,1-2H3,(H,35,37)(H,38,39);1H. The number of hydrogen-bond acceptors (Lipinski definition) is 5. The molecule has 220 valence electrons. The molecule has 1 aliphatic rings. The van der Waals surface area contributed by atoms with E-state index in [2.05, 4.69) is 10.2 Å². The number of aromatic nitrogens is 1. The van der Waals surface area contributed by atoms with Gasteiger partial charge in [-0.3, -0.25) is 4.79 Å². The number of rotatable bonds is 10. The van der Waals surface area contributed by atoms with E-state index in [1.807, 2.05) is 14.1 Å². The molecule has 0 saturated heterocycles. The van der Waals surface area contributed by atoms with Crippen LogP contribution in [0.15, 0.2) is 48.5 Å². The number of nitrogens with zero attached hydrogens (tertiary/aromatic N) is 2. The summed E-state index contributed by atoms with van der Waals surface area (Å²) in [4.78, 5) is 32.3. The Balaban J connectivity index is 0.00000462. The summed E-state index contributed by atoms with van der Waals surface area (Å²) >= 11 is 12.7. The summed E-state index contributed by atoms with van der Waals surface area (Å²) in [5, 5.41) is 13.3. The molecule has 0 radical (unpaired) electrons. The van der Waals surface area contributed by atoms with Crippen LogP contribution in [-0.2, 0) is 4.79 Å². The molecule has 1 saturated carbocycles. The SMILES string of the molecule is CN(C)CCCOc1cc(Cl)ccc1-c1nc(C(=O)NC2(C(=O)O)CCCCC2)ccc1-c1ccc(F)cc1Cl.Cl. The summed E-state index contributed by atoms with van der Waals surface area (Å²) < 4.78 is 20.0. The van der Waals surface area contributed by atoms with E-state index in [0.717, 1.165) is 19.4 Å². The number of aliphatic carboxylic acids is 1. The predicted octanol–water partition coefficient (Wildman–Crippen LogP) is 7.13. The molecule has 1 aliphatic carbocycles. The average Bonchev–Trinajstić information content (AvgIpc) is 2.91. The second-order valence-electron chi connectivity index (χ2n) is 10.3. The van der Waals surface area contributed by atoms with E-state index in [4.69, 9.17) is 32.9 Å². The molecule has 1 heterocycles. The summed E-state index contributed by atoms with van der Waals surface area (Å²) in [5.74, 6) is -1.67. The van der Waals surface area contributed by atoms with Gasteiger partial charge < -0.3 is 20.1 Å². The van der Waals surface area contributed by atoms with Gasteiger partial charge in [0, 0.05) is 28.3 Å². The number of carboxylic acid groups (broad SMARTS) is 1. The van der Waals surface area contributed by atoms with Crippen molar-refractivity contribution in [2.45, 2.75) is 44.1 Å². The first-order chi connectivity index (χ1) is 19.1. The fraction of sp³-hybridized carbons (Fsp3) is 0.367. The number of carbonyl (C=O) groups excluding carboxylic acids is 1. The average molecular weight is 625 g/mol. The lowest BCUT2D eigenvalue weighted by Crippen LogP contribution is -2.55. The van der Waals surface area contributed by atoms with Crippen LogP contribution in [-0.4, -0.2) is 59.7 Å². The van der Waals surface area contributed by atoms with Crippen LogP contribution < -0.4 is 10.1 Å².